The van der Waals surface area contributed by atoms with Crippen LogP contribution < -0.4 is 10.1 Å². The molecule has 2 aliphatic rings. The molecule has 1 spiro atoms. The van der Waals surface area contributed by atoms with Gasteiger partial charge in [0.2, 0.25) is 5.91 Å². The van der Waals surface area contributed by atoms with Crippen LogP contribution in [0.3, 0.4) is 0 Å². The molecule has 4 rings (SSSR count). The number of hydrogen-bond donors (Lipinski definition) is 1. The van der Waals surface area contributed by atoms with Gasteiger partial charge in [-0.3, -0.25) is 4.79 Å². The molecule has 1 unspecified atom stereocenters. The van der Waals surface area contributed by atoms with Crippen LogP contribution in [0.4, 0.5) is 0 Å². The first-order chi connectivity index (χ1) is 13.6. The predicted octanol–water partition coefficient (Wildman–Crippen LogP) is 4.25. The van der Waals surface area contributed by atoms with Crippen LogP contribution in [0.15, 0.2) is 41.1 Å². The maximum absolute atomic E-state index is 13.4. The average molecular weight is 399 g/mol. The lowest BCUT2D eigenvalue weighted by Crippen LogP contribution is -2.39. The molecule has 5 heteroatoms. The van der Waals surface area contributed by atoms with E-state index < -0.39 is 0 Å². The van der Waals surface area contributed by atoms with Crippen molar-refractivity contribution in [3.05, 3.63) is 52.2 Å². The first-order valence-electron chi connectivity index (χ1n) is 10.3. The van der Waals surface area contributed by atoms with E-state index in [2.05, 4.69) is 27.0 Å². The molecule has 4 nitrogen and oxygen atoms in total. The summed E-state index contributed by atoms with van der Waals surface area (Å²) in [6.07, 6.45) is 4.09. The highest BCUT2D eigenvalue weighted by atomic mass is 32.1. The van der Waals surface area contributed by atoms with Gasteiger partial charge in [-0.05, 0) is 91.7 Å². The first-order valence-corrected chi connectivity index (χ1v) is 11.3. The monoisotopic (exact) mass is 398 g/mol. The Morgan fingerprint density at radius 1 is 1.29 bits per heavy atom. The Labute approximate surface area is 171 Å². The highest BCUT2D eigenvalue weighted by Crippen LogP contribution is 2.56. The van der Waals surface area contributed by atoms with Crippen molar-refractivity contribution in [2.45, 2.75) is 58.2 Å². The maximum atomic E-state index is 13.4. The number of rotatable bonds is 7. The van der Waals surface area contributed by atoms with Gasteiger partial charge in [0.15, 0.2) is 0 Å². The number of nitrogens with one attached hydrogen (secondary N) is 1. The second-order valence-corrected chi connectivity index (χ2v) is 9.26. The van der Waals surface area contributed by atoms with Crippen LogP contribution in [0.2, 0.25) is 0 Å². The summed E-state index contributed by atoms with van der Waals surface area (Å²) in [6.45, 7) is 6.92. The van der Waals surface area contributed by atoms with Gasteiger partial charge in [0.25, 0.3) is 0 Å². The molecule has 2 fully saturated rings. The molecule has 1 aliphatic carbocycles. The number of thiophene rings is 1. The standard InChI is InChI=1S/C23H30N2O2S/c1-17(2)27-20-5-3-4-18(12-20)13-22(26)25(15-19-6-11-28-16-19)21-14-23(21)7-9-24-10-8-23/h3-6,11-12,16-17,21,24H,7-10,13-15H2,1-2H3. The van der Waals surface area contributed by atoms with E-state index in [-0.39, 0.29) is 12.0 Å². The van der Waals surface area contributed by atoms with Gasteiger partial charge in [-0.1, -0.05) is 12.1 Å². The molecular weight excluding hydrogens is 368 g/mol. The molecule has 28 heavy (non-hydrogen) atoms. The fourth-order valence-electron chi connectivity index (χ4n) is 4.46. The molecule has 1 aromatic carbocycles. The molecule has 0 bridgehead atoms. The Morgan fingerprint density at radius 2 is 2.11 bits per heavy atom. The second kappa shape index (κ2) is 8.26. The minimum Gasteiger partial charge on any atom is -0.491 e. The van der Waals surface area contributed by atoms with Gasteiger partial charge in [-0.2, -0.15) is 11.3 Å². The Kier molecular flexibility index (Phi) is 5.74. The van der Waals surface area contributed by atoms with E-state index in [9.17, 15) is 4.79 Å². The summed E-state index contributed by atoms with van der Waals surface area (Å²) in [4.78, 5) is 15.5. The third kappa shape index (κ3) is 4.41. The summed E-state index contributed by atoms with van der Waals surface area (Å²) in [6, 6.07) is 10.5. The van der Waals surface area contributed by atoms with Gasteiger partial charge < -0.3 is 15.0 Å². The van der Waals surface area contributed by atoms with Crippen molar-refractivity contribution in [2.75, 3.05) is 13.1 Å². The van der Waals surface area contributed by atoms with Crippen LogP contribution in [0.25, 0.3) is 0 Å². The number of carbonyl (C=O) groups is 1. The van der Waals surface area contributed by atoms with Crippen molar-refractivity contribution in [3.8, 4) is 5.75 Å². The number of carbonyl (C=O) groups excluding carboxylic acids is 1. The Bertz CT molecular complexity index is 797. The molecule has 2 heterocycles. The molecule has 1 amide bonds. The number of amides is 1. The van der Waals surface area contributed by atoms with Crippen molar-refractivity contribution >= 4 is 17.2 Å². The van der Waals surface area contributed by atoms with Crippen molar-refractivity contribution in [2.24, 2.45) is 5.41 Å². The Morgan fingerprint density at radius 3 is 2.82 bits per heavy atom. The predicted molar refractivity (Wildman–Crippen MR) is 114 cm³/mol. The molecule has 1 N–H and O–H groups in total. The molecular formula is C23H30N2O2S. The van der Waals surface area contributed by atoms with Crippen molar-refractivity contribution in [1.29, 1.82) is 0 Å². The van der Waals surface area contributed by atoms with Crippen molar-refractivity contribution < 1.29 is 9.53 Å². The molecule has 1 atom stereocenters. The maximum Gasteiger partial charge on any atom is 0.227 e. The van der Waals surface area contributed by atoms with Gasteiger partial charge in [-0.25, -0.2) is 0 Å². The third-order valence-corrected chi connectivity index (χ3v) is 6.73. The van der Waals surface area contributed by atoms with Crippen LogP contribution in [-0.2, 0) is 17.8 Å². The zero-order chi connectivity index (χ0) is 19.6. The van der Waals surface area contributed by atoms with E-state index in [1.165, 1.54) is 18.4 Å². The van der Waals surface area contributed by atoms with Crippen LogP contribution in [-0.4, -0.2) is 36.0 Å². The van der Waals surface area contributed by atoms with E-state index >= 15 is 0 Å². The zero-order valence-electron chi connectivity index (χ0n) is 16.8. The summed E-state index contributed by atoms with van der Waals surface area (Å²) in [5.74, 6) is 1.07. The quantitative estimate of drug-likeness (QED) is 0.758. The van der Waals surface area contributed by atoms with Crippen molar-refractivity contribution in [1.82, 2.24) is 10.2 Å². The molecule has 1 saturated heterocycles. The SMILES string of the molecule is CC(C)Oc1cccc(CC(=O)N(Cc2ccsc2)C2CC23CCNCC3)c1. The average Bonchev–Trinajstić information content (AvgIpc) is 3.10. The minimum absolute atomic E-state index is 0.132. The molecule has 1 aliphatic heterocycles. The minimum atomic E-state index is 0.132. The number of ether oxygens (including phenoxy) is 1. The van der Waals surface area contributed by atoms with E-state index in [1.54, 1.807) is 11.3 Å². The smallest absolute Gasteiger partial charge is 0.227 e. The highest BCUT2D eigenvalue weighted by molar-refractivity contribution is 7.07. The van der Waals surface area contributed by atoms with Crippen LogP contribution in [0.5, 0.6) is 5.75 Å². The summed E-state index contributed by atoms with van der Waals surface area (Å²) >= 11 is 1.70. The van der Waals surface area contributed by atoms with Gasteiger partial charge in [0.1, 0.15) is 5.75 Å². The largest absolute Gasteiger partial charge is 0.491 e. The molecule has 1 saturated carbocycles. The van der Waals surface area contributed by atoms with E-state index in [4.69, 9.17) is 4.74 Å². The van der Waals surface area contributed by atoms with Crippen molar-refractivity contribution in [3.63, 3.8) is 0 Å². The lowest BCUT2D eigenvalue weighted by atomic mass is 9.93. The first kappa shape index (κ1) is 19.5. The Balaban J connectivity index is 1.49. The fraction of sp³-hybridized carbons (Fsp3) is 0.522. The molecule has 0 radical (unpaired) electrons. The number of hydrogen-bond acceptors (Lipinski definition) is 4. The third-order valence-electron chi connectivity index (χ3n) is 6.00. The van der Waals surface area contributed by atoms with E-state index in [0.29, 0.717) is 17.9 Å². The van der Waals surface area contributed by atoms with Gasteiger partial charge in [-0.15, -0.1) is 0 Å². The van der Waals surface area contributed by atoms with E-state index in [0.717, 1.165) is 37.4 Å². The number of piperidine rings is 1. The summed E-state index contributed by atoms with van der Waals surface area (Å²) < 4.78 is 5.80. The summed E-state index contributed by atoms with van der Waals surface area (Å²) in [5.41, 5.74) is 2.62. The molecule has 1 aromatic heterocycles. The topological polar surface area (TPSA) is 41.6 Å². The van der Waals surface area contributed by atoms with Gasteiger partial charge in [0.05, 0.1) is 12.5 Å². The van der Waals surface area contributed by atoms with Gasteiger partial charge >= 0.3 is 0 Å². The lowest BCUT2D eigenvalue weighted by Gasteiger charge is -2.29. The zero-order valence-corrected chi connectivity index (χ0v) is 17.6. The van der Waals surface area contributed by atoms with Crippen LogP contribution in [0.1, 0.15) is 44.2 Å². The molecule has 2 aromatic rings. The number of nitrogens with zero attached hydrogens (tertiary/aromatic N) is 1. The highest BCUT2D eigenvalue weighted by Gasteiger charge is 2.57. The second-order valence-electron chi connectivity index (χ2n) is 8.48. The van der Waals surface area contributed by atoms with Crippen LogP contribution >= 0.6 is 11.3 Å². The normalized spacial score (nSPS) is 20.3. The summed E-state index contributed by atoms with van der Waals surface area (Å²) in [5, 5.41) is 7.72. The lowest BCUT2D eigenvalue weighted by molar-refractivity contribution is -0.132. The Hall–Kier alpha value is -1.85. The van der Waals surface area contributed by atoms with Gasteiger partial charge in [0, 0.05) is 12.6 Å². The fourth-order valence-corrected chi connectivity index (χ4v) is 5.12. The summed E-state index contributed by atoms with van der Waals surface area (Å²) in [7, 11) is 0. The number of benzene rings is 1. The van der Waals surface area contributed by atoms with E-state index in [1.807, 2.05) is 38.1 Å². The van der Waals surface area contributed by atoms with Crippen LogP contribution in [0, 0.1) is 5.41 Å². The molecule has 150 valence electrons.